The number of para-hydroxylation sites is 1. The Hall–Kier alpha value is -3.87. The molecule has 4 rings (SSSR count). The third kappa shape index (κ3) is 3.34. The van der Waals surface area contributed by atoms with Gasteiger partial charge in [-0.05, 0) is 30.4 Å². The van der Waals surface area contributed by atoms with Crippen LogP contribution in [0.1, 0.15) is 15.9 Å². The van der Waals surface area contributed by atoms with Gasteiger partial charge in [0.2, 0.25) is 5.66 Å². The zero-order valence-electron chi connectivity index (χ0n) is 16.7. The van der Waals surface area contributed by atoms with Crippen LogP contribution < -0.4 is 14.8 Å². The lowest BCUT2D eigenvalue weighted by atomic mass is 9.97. The van der Waals surface area contributed by atoms with Gasteiger partial charge in [-0.3, -0.25) is 14.5 Å². The molecule has 1 unspecified atom stereocenters. The van der Waals surface area contributed by atoms with Gasteiger partial charge in [-0.2, -0.15) is 0 Å². The molecule has 0 saturated heterocycles. The maximum Gasteiger partial charge on any atom is 0.281 e. The molecule has 2 amide bonds. The number of nitrogens with zero attached hydrogens (tertiary/aromatic N) is 2. The van der Waals surface area contributed by atoms with Crippen molar-refractivity contribution in [2.24, 2.45) is 4.99 Å². The van der Waals surface area contributed by atoms with Gasteiger partial charge in [0, 0.05) is 23.7 Å². The molecule has 0 aliphatic carbocycles. The van der Waals surface area contributed by atoms with Gasteiger partial charge in [0.25, 0.3) is 11.8 Å². The first kappa shape index (κ1) is 19.4. The topological polar surface area (TPSA) is 80.2 Å². The Morgan fingerprint density at radius 3 is 2.57 bits per heavy atom. The summed E-state index contributed by atoms with van der Waals surface area (Å²) in [6, 6.07) is 14.1. The number of amides is 2. The van der Waals surface area contributed by atoms with Gasteiger partial charge in [0.05, 0.1) is 14.2 Å². The first-order valence-electron chi connectivity index (χ1n) is 9.44. The lowest BCUT2D eigenvalue weighted by Gasteiger charge is -2.27. The molecule has 0 bridgehead atoms. The highest BCUT2D eigenvalue weighted by Crippen LogP contribution is 2.36. The van der Waals surface area contributed by atoms with E-state index in [2.05, 4.69) is 10.3 Å². The first-order chi connectivity index (χ1) is 14.6. The summed E-state index contributed by atoms with van der Waals surface area (Å²) >= 11 is 0. The van der Waals surface area contributed by atoms with E-state index < -0.39 is 5.66 Å². The SMILES string of the molecule is COc1cccc(CC2(NC(=O)c3ccccc3)N=C3C=CC=CN3C2=O)c1OC. The molecule has 0 fully saturated rings. The van der Waals surface area contributed by atoms with Crippen LogP contribution in [0, 0.1) is 0 Å². The van der Waals surface area contributed by atoms with Crippen molar-refractivity contribution in [2.75, 3.05) is 14.2 Å². The number of fused-ring (bicyclic) bond motifs is 1. The van der Waals surface area contributed by atoms with E-state index in [4.69, 9.17) is 9.47 Å². The molecule has 0 saturated carbocycles. The Balaban J connectivity index is 1.77. The molecule has 7 heteroatoms. The Labute approximate surface area is 174 Å². The van der Waals surface area contributed by atoms with Gasteiger partial charge in [-0.25, -0.2) is 4.99 Å². The summed E-state index contributed by atoms with van der Waals surface area (Å²) in [5.41, 5.74) is -0.379. The minimum Gasteiger partial charge on any atom is -0.493 e. The molecule has 1 atom stereocenters. The van der Waals surface area contributed by atoms with Crippen LogP contribution in [0.25, 0.3) is 0 Å². The summed E-state index contributed by atoms with van der Waals surface area (Å²) in [6.45, 7) is 0. The fraction of sp³-hybridized carbons (Fsp3) is 0.174. The third-order valence-corrected chi connectivity index (χ3v) is 5.00. The molecule has 7 nitrogen and oxygen atoms in total. The van der Waals surface area contributed by atoms with Crippen molar-refractivity contribution in [1.82, 2.24) is 10.2 Å². The summed E-state index contributed by atoms with van der Waals surface area (Å²) in [4.78, 5) is 32.5. The Bertz CT molecular complexity index is 1080. The number of rotatable bonds is 6. The molecular formula is C23H21N3O4. The standard InChI is InChI=1S/C23H21N3O4/c1-29-18-12-8-11-17(20(18)30-2)15-23(25-21(27)16-9-4-3-5-10-16)22(28)26-14-7-6-13-19(26)24-23/h3-14H,15H2,1-2H3,(H,25,27). The highest BCUT2D eigenvalue weighted by Gasteiger charge is 2.49. The van der Waals surface area contributed by atoms with Gasteiger partial charge < -0.3 is 14.8 Å². The van der Waals surface area contributed by atoms with Gasteiger partial charge in [0.15, 0.2) is 11.5 Å². The number of carbonyl (C=O) groups excluding carboxylic acids is 2. The van der Waals surface area contributed by atoms with E-state index in [0.717, 1.165) is 0 Å². The van der Waals surface area contributed by atoms with Crippen molar-refractivity contribution in [3.05, 3.63) is 84.1 Å². The number of methoxy groups -OCH3 is 2. The van der Waals surface area contributed by atoms with Crippen molar-refractivity contribution in [3.8, 4) is 11.5 Å². The number of hydrogen-bond acceptors (Lipinski definition) is 5. The van der Waals surface area contributed by atoms with Crippen molar-refractivity contribution in [1.29, 1.82) is 0 Å². The summed E-state index contributed by atoms with van der Waals surface area (Å²) < 4.78 is 10.9. The van der Waals surface area contributed by atoms with E-state index in [1.807, 2.05) is 18.2 Å². The average molecular weight is 403 g/mol. The second kappa shape index (κ2) is 7.87. The predicted molar refractivity (Wildman–Crippen MR) is 112 cm³/mol. The number of carbonyl (C=O) groups is 2. The van der Waals surface area contributed by atoms with Gasteiger partial charge in [0.1, 0.15) is 5.84 Å². The van der Waals surface area contributed by atoms with Gasteiger partial charge in [-0.15, -0.1) is 0 Å². The van der Waals surface area contributed by atoms with Crippen LogP contribution in [0.15, 0.2) is 78.0 Å². The van der Waals surface area contributed by atoms with Crippen molar-refractivity contribution >= 4 is 17.6 Å². The smallest absolute Gasteiger partial charge is 0.281 e. The molecule has 0 spiro atoms. The number of allylic oxidation sites excluding steroid dienone is 2. The van der Waals surface area contributed by atoms with E-state index in [-0.39, 0.29) is 18.2 Å². The number of ether oxygens (including phenoxy) is 2. The van der Waals surface area contributed by atoms with E-state index in [9.17, 15) is 9.59 Å². The normalized spacial score (nSPS) is 19.3. The Morgan fingerprint density at radius 1 is 1.07 bits per heavy atom. The molecule has 2 aromatic rings. The van der Waals surface area contributed by atoms with E-state index in [1.54, 1.807) is 61.9 Å². The second-order valence-corrected chi connectivity index (χ2v) is 6.86. The number of amidine groups is 1. The summed E-state index contributed by atoms with van der Waals surface area (Å²) in [6.07, 6.45) is 7.02. The number of aliphatic imine (C=N–C) groups is 1. The zero-order chi connectivity index (χ0) is 21.1. The van der Waals surface area contributed by atoms with Gasteiger partial charge >= 0.3 is 0 Å². The lowest BCUT2D eigenvalue weighted by molar-refractivity contribution is -0.130. The zero-order valence-corrected chi connectivity index (χ0v) is 16.7. The molecule has 30 heavy (non-hydrogen) atoms. The average Bonchev–Trinajstić information content (AvgIpc) is 3.05. The molecule has 2 aromatic carbocycles. The van der Waals surface area contributed by atoms with Crippen molar-refractivity contribution < 1.29 is 19.1 Å². The quantitative estimate of drug-likeness (QED) is 0.804. The first-order valence-corrected chi connectivity index (χ1v) is 9.44. The molecule has 152 valence electrons. The molecule has 2 aliphatic rings. The van der Waals surface area contributed by atoms with Crippen LogP contribution >= 0.6 is 0 Å². The Morgan fingerprint density at radius 2 is 1.87 bits per heavy atom. The van der Waals surface area contributed by atoms with E-state index in [1.165, 1.54) is 12.0 Å². The number of nitrogens with one attached hydrogen (secondary N) is 1. The number of hydrogen-bond donors (Lipinski definition) is 1. The molecule has 1 N–H and O–H groups in total. The summed E-state index contributed by atoms with van der Waals surface area (Å²) in [5.74, 6) is 0.778. The third-order valence-electron chi connectivity index (χ3n) is 5.00. The van der Waals surface area contributed by atoms with Crippen LogP contribution in [-0.2, 0) is 11.2 Å². The van der Waals surface area contributed by atoms with Crippen molar-refractivity contribution in [2.45, 2.75) is 12.1 Å². The monoisotopic (exact) mass is 403 g/mol. The fourth-order valence-electron chi connectivity index (χ4n) is 3.60. The van der Waals surface area contributed by atoms with E-state index in [0.29, 0.717) is 28.5 Å². The molecule has 2 aliphatic heterocycles. The lowest BCUT2D eigenvalue weighted by Crippen LogP contribution is -2.55. The minimum absolute atomic E-state index is 0.104. The highest BCUT2D eigenvalue weighted by atomic mass is 16.5. The molecular weight excluding hydrogens is 382 g/mol. The van der Waals surface area contributed by atoms with Crippen LogP contribution in [0.2, 0.25) is 0 Å². The number of benzene rings is 2. The summed E-state index contributed by atoms with van der Waals surface area (Å²) in [7, 11) is 3.08. The largest absolute Gasteiger partial charge is 0.493 e. The van der Waals surface area contributed by atoms with Crippen LogP contribution in [0.3, 0.4) is 0 Å². The maximum atomic E-state index is 13.4. The van der Waals surface area contributed by atoms with Crippen LogP contribution in [-0.4, -0.2) is 42.4 Å². The molecule has 0 aromatic heterocycles. The Kier molecular flexibility index (Phi) is 5.10. The highest BCUT2D eigenvalue weighted by molar-refractivity contribution is 6.15. The van der Waals surface area contributed by atoms with Crippen molar-refractivity contribution in [3.63, 3.8) is 0 Å². The van der Waals surface area contributed by atoms with Gasteiger partial charge in [-0.1, -0.05) is 36.4 Å². The minimum atomic E-state index is -1.51. The van der Waals surface area contributed by atoms with Crippen LogP contribution in [0.5, 0.6) is 11.5 Å². The maximum absolute atomic E-state index is 13.4. The fourth-order valence-corrected chi connectivity index (χ4v) is 3.60. The molecule has 0 radical (unpaired) electrons. The van der Waals surface area contributed by atoms with Crippen LogP contribution in [0.4, 0.5) is 0 Å². The summed E-state index contributed by atoms with van der Waals surface area (Å²) in [5, 5.41) is 2.87. The molecule has 2 heterocycles. The predicted octanol–water partition coefficient (Wildman–Crippen LogP) is 2.70. The van der Waals surface area contributed by atoms with E-state index >= 15 is 0 Å². The second-order valence-electron chi connectivity index (χ2n) is 6.86.